The molecule has 0 aromatic carbocycles. The Morgan fingerprint density at radius 3 is 2.66 bits per heavy atom. The number of nitrogens with one attached hydrogen (secondary N) is 1. The molecule has 4 N–H and O–H groups in total. The fourth-order valence-electron chi connectivity index (χ4n) is 3.56. The molecule has 6 atom stereocenters. The average molecular weight is 657 g/mol. The Balaban J connectivity index is 1.74. The van der Waals surface area contributed by atoms with Crippen LogP contribution in [0.15, 0.2) is 12.7 Å². The summed E-state index contributed by atoms with van der Waals surface area (Å²) < 4.78 is 39.5. The number of hydrogen-bond donors (Lipinski definition) is 3. The van der Waals surface area contributed by atoms with Crippen molar-refractivity contribution < 1.29 is 37.6 Å². The van der Waals surface area contributed by atoms with Crippen molar-refractivity contribution >= 4 is 69.9 Å². The van der Waals surface area contributed by atoms with E-state index < -0.39 is 54.2 Å². The molecule has 1 aliphatic rings. The van der Waals surface area contributed by atoms with Gasteiger partial charge in [0.05, 0.1) is 25.6 Å². The predicted octanol–water partition coefficient (Wildman–Crippen LogP) is 3.06. The molecule has 0 aliphatic carbocycles. The number of hydrogen-bond acceptors (Lipinski definition) is 13. The summed E-state index contributed by atoms with van der Waals surface area (Å²) in [5.74, 6) is -0.251. The number of alkyl halides is 2. The maximum atomic E-state index is 15.6. The van der Waals surface area contributed by atoms with Crippen LogP contribution in [0.25, 0.3) is 11.2 Å². The molecule has 0 unspecified atom stereocenters. The standard InChI is InChI=1S/C23H35ClFN6O7PS2/c1-12(2)37-19(33)13(3)30-39(40,35-7-8-41-21(34)22(4,5)6)36-9-14-16(32)23(24,25)20(38-14)31-11-29-15-17(26)27-10-28-18(15)31/h10-14,16,20,32H,7-9H2,1-6H3,(H,30,40)(H2,26,27,28)/t13-,14+,16+,20+,23-,39-/m0/s1. The second-order valence-corrected chi connectivity index (χ2v) is 15.4. The van der Waals surface area contributed by atoms with Crippen LogP contribution < -0.4 is 10.8 Å². The SMILES string of the molecule is CC(C)OC(=O)[C@H](C)N[P@](=S)(OCCSC(=O)C(C)(C)C)OC[C@H]1O[C@@H](n2cnc3c(N)ncnc32)[C@](F)(Cl)[C@@H]1O. The quantitative estimate of drug-likeness (QED) is 0.132. The number of aliphatic hydroxyl groups excluding tert-OH is 1. The molecule has 0 spiro atoms. The van der Waals surface area contributed by atoms with Gasteiger partial charge in [-0.05, 0) is 32.6 Å². The molecule has 3 rings (SSSR count). The monoisotopic (exact) mass is 656 g/mol. The van der Waals surface area contributed by atoms with Crippen LogP contribution in [-0.4, -0.2) is 84.2 Å². The zero-order chi connectivity index (χ0) is 30.8. The van der Waals surface area contributed by atoms with Crippen LogP contribution in [0, 0.1) is 5.41 Å². The van der Waals surface area contributed by atoms with Crippen LogP contribution in [0.5, 0.6) is 0 Å². The van der Waals surface area contributed by atoms with Crippen LogP contribution in [0.4, 0.5) is 10.2 Å². The van der Waals surface area contributed by atoms with Crippen molar-refractivity contribution in [1.82, 2.24) is 24.6 Å². The number of rotatable bonds is 12. The molecule has 0 amide bonds. The van der Waals surface area contributed by atoms with E-state index in [2.05, 4.69) is 20.0 Å². The van der Waals surface area contributed by atoms with Gasteiger partial charge in [-0.2, -0.15) is 0 Å². The second-order valence-electron chi connectivity index (χ2n) is 10.6. The van der Waals surface area contributed by atoms with Crippen molar-refractivity contribution in [2.24, 2.45) is 5.41 Å². The summed E-state index contributed by atoms with van der Waals surface area (Å²) in [6.45, 7) is 6.41. The number of nitrogens with zero attached hydrogens (tertiary/aromatic N) is 4. The lowest BCUT2D eigenvalue weighted by molar-refractivity contribution is -0.149. The summed E-state index contributed by atoms with van der Waals surface area (Å²) in [6.07, 6.45) is -2.70. The molecular weight excluding hydrogens is 622 g/mol. The maximum Gasteiger partial charge on any atom is 0.323 e. The Kier molecular flexibility index (Phi) is 11.1. The molecule has 41 heavy (non-hydrogen) atoms. The third-order valence-corrected chi connectivity index (χ3v) is 9.99. The van der Waals surface area contributed by atoms with E-state index in [4.69, 9.17) is 47.7 Å². The van der Waals surface area contributed by atoms with Crippen molar-refractivity contribution in [1.29, 1.82) is 0 Å². The van der Waals surface area contributed by atoms with Gasteiger partial charge in [-0.1, -0.05) is 44.1 Å². The molecule has 18 heteroatoms. The summed E-state index contributed by atoms with van der Waals surface area (Å²) in [4.78, 5) is 36.7. The molecule has 3 heterocycles. The fraction of sp³-hybridized carbons (Fsp3) is 0.696. The molecule has 0 saturated carbocycles. The number of anilines is 1. The van der Waals surface area contributed by atoms with E-state index >= 15 is 4.39 Å². The van der Waals surface area contributed by atoms with E-state index in [-0.39, 0.29) is 40.6 Å². The first-order valence-corrected chi connectivity index (χ1v) is 16.7. The third kappa shape index (κ3) is 8.33. The number of esters is 1. The highest BCUT2D eigenvalue weighted by Crippen LogP contribution is 2.49. The van der Waals surface area contributed by atoms with Crippen LogP contribution in [0.1, 0.15) is 47.8 Å². The van der Waals surface area contributed by atoms with Crippen molar-refractivity contribution in [3.63, 3.8) is 0 Å². The number of carbonyl (C=O) groups is 2. The molecule has 1 saturated heterocycles. The lowest BCUT2D eigenvalue weighted by Crippen LogP contribution is -2.39. The number of aliphatic hydroxyl groups is 1. The molecule has 2 aromatic heterocycles. The molecule has 2 aromatic rings. The second kappa shape index (κ2) is 13.4. The van der Waals surface area contributed by atoms with Gasteiger partial charge in [0, 0.05) is 11.2 Å². The first-order chi connectivity index (χ1) is 19.0. The molecule has 1 aliphatic heterocycles. The number of nitrogen functional groups attached to an aromatic ring is 1. The number of carbonyl (C=O) groups excluding carboxylic acids is 2. The first kappa shape index (κ1) is 34.0. The predicted molar refractivity (Wildman–Crippen MR) is 156 cm³/mol. The number of imidazole rings is 1. The first-order valence-electron chi connectivity index (χ1n) is 12.6. The van der Waals surface area contributed by atoms with Gasteiger partial charge < -0.3 is 29.4 Å². The van der Waals surface area contributed by atoms with Crippen molar-refractivity contribution in [3.05, 3.63) is 12.7 Å². The summed E-state index contributed by atoms with van der Waals surface area (Å²) >= 11 is 12.8. The number of thioether (sulfide) groups is 1. The van der Waals surface area contributed by atoms with Gasteiger partial charge in [-0.25, -0.2) is 24.4 Å². The minimum atomic E-state index is -3.47. The molecule has 13 nitrogen and oxygen atoms in total. The van der Waals surface area contributed by atoms with Crippen molar-refractivity contribution in [3.8, 4) is 0 Å². The largest absolute Gasteiger partial charge is 0.462 e. The smallest absolute Gasteiger partial charge is 0.323 e. The topological polar surface area (TPSA) is 173 Å². The fourth-order valence-corrected chi connectivity index (χ4v) is 7.13. The number of aromatic nitrogens is 4. The lowest BCUT2D eigenvalue weighted by atomic mass is 10.00. The highest BCUT2D eigenvalue weighted by molar-refractivity contribution is 8.13. The highest BCUT2D eigenvalue weighted by Gasteiger charge is 2.58. The normalized spacial score (nSPS) is 25.4. The van der Waals surface area contributed by atoms with E-state index in [1.807, 2.05) is 0 Å². The molecule has 1 fully saturated rings. The van der Waals surface area contributed by atoms with Gasteiger partial charge in [-0.3, -0.25) is 14.2 Å². The van der Waals surface area contributed by atoms with Gasteiger partial charge in [0.25, 0.3) is 11.8 Å². The van der Waals surface area contributed by atoms with Crippen LogP contribution in [0.3, 0.4) is 0 Å². The Hall–Kier alpha value is -1.49. The lowest BCUT2D eigenvalue weighted by Gasteiger charge is -2.28. The van der Waals surface area contributed by atoms with Crippen LogP contribution >= 0.6 is 30.0 Å². The van der Waals surface area contributed by atoms with Gasteiger partial charge in [-0.15, -0.1) is 0 Å². The number of fused-ring (bicyclic) bond motifs is 1. The summed E-state index contributed by atoms with van der Waals surface area (Å²) in [6, 6.07) is -0.926. The Morgan fingerprint density at radius 2 is 2.02 bits per heavy atom. The van der Waals surface area contributed by atoms with E-state index in [1.54, 1.807) is 34.6 Å². The van der Waals surface area contributed by atoms with E-state index in [0.29, 0.717) is 0 Å². The van der Waals surface area contributed by atoms with Crippen molar-refractivity contribution in [2.45, 2.75) is 77.3 Å². The minimum absolute atomic E-state index is 0.00409. The number of ether oxygens (including phenoxy) is 2. The summed E-state index contributed by atoms with van der Waals surface area (Å²) in [7, 11) is 0. The zero-order valence-electron chi connectivity index (χ0n) is 23.4. The van der Waals surface area contributed by atoms with Gasteiger partial charge in [0.2, 0.25) is 0 Å². The Labute approximate surface area is 251 Å². The molecular formula is C23H35ClFN6O7PS2. The highest BCUT2D eigenvalue weighted by atomic mass is 35.5. The van der Waals surface area contributed by atoms with Crippen LogP contribution in [0.2, 0.25) is 0 Å². The summed E-state index contributed by atoms with van der Waals surface area (Å²) in [5.41, 5.74) is 5.63. The molecule has 0 bridgehead atoms. The minimum Gasteiger partial charge on any atom is -0.462 e. The molecule has 0 radical (unpaired) electrons. The number of nitrogens with two attached hydrogens (primary N) is 1. The zero-order valence-corrected chi connectivity index (χ0v) is 26.7. The Morgan fingerprint density at radius 1 is 1.34 bits per heavy atom. The summed E-state index contributed by atoms with van der Waals surface area (Å²) in [5, 5.41) is 10.7. The number of halogens is 2. The van der Waals surface area contributed by atoms with Crippen LogP contribution in [-0.2, 0) is 39.9 Å². The van der Waals surface area contributed by atoms with E-state index in [9.17, 15) is 14.7 Å². The molecule has 230 valence electrons. The van der Waals surface area contributed by atoms with Gasteiger partial charge in [0.1, 0.15) is 30.1 Å². The van der Waals surface area contributed by atoms with E-state index in [0.717, 1.165) is 11.8 Å². The van der Waals surface area contributed by atoms with Crippen molar-refractivity contribution in [2.75, 3.05) is 24.7 Å². The van der Waals surface area contributed by atoms with Gasteiger partial charge >= 0.3 is 5.97 Å². The average Bonchev–Trinajstić information content (AvgIpc) is 3.38. The Bertz CT molecular complexity index is 1300. The third-order valence-electron chi connectivity index (χ3n) is 5.68. The van der Waals surface area contributed by atoms with Gasteiger partial charge in [0.15, 0.2) is 22.8 Å². The maximum absolute atomic E-state index is 15.6. The van der Waals surface area contributed by atoms with E-state index in [1.165, 1.54) is 24.1 Å².